The van der Waals surface area contributed by atoms with Crippen molar-refractivity contribution < 1.29 is 14.3 Å². The molecule has 2 amide bonds. The maximum absolute atomic E-state index is 12.2. The van der Waals surface area contributed by atoms with E-state index in [1.165, 1.54) is 11.9 Å². The summed E-state index contributed by atoms with van der Waals surface area (Å²) in [6, 6.07) is 16.2. The highest BCUT2D eigenvalue weighted by Gasteiger charge is 2.15. The Hall–Kier alpha value is -3.33. The Bertz CT molecular complexity index is 827. The molecule has 0 fully saturated rings. The quantitative estimate of drug-likeness (QED) is 0.831. The van der Waals surface area contributed by atoms with Crippen LogP contribution in [0.15, 0.2) is 48.5 Å². The zero-order chi connectivity index (χ0) is 18.9. The SMILES string of the molecule is CCc1ccccc1NC(=O)CN(C)C(=O)COc1ccccc1C#N. The van der Waals surface area contributed by atoms with Gasteiger partial charge in [-0.3, -0.25) is 9.59 Å². The van der Waals surface area contributed by atoms with Gasteiger partial charge in [0.1, 0.15) is 11.8 Å². The van der Waals surface area contributed by atoms with Crippen molar-refractivity contribution >= 4 is 17.5 Å². The Labute approximate surface area is 153 Å². The second-order valence-corrected chi connectivity index (χ2v) is 5.71. The summed E-state index contributed by atoms with van der Waals surface area (Å²) in [5, 5.41) is 11.8. The van der Waals surface area contributed by atoms with Gasteiger partial charge in [-0.05, 0) is 30.2 Å². The van der Waals surface area contributed by atoms with Crippen molar-refractivity contribution in [1.82, 2.24) is 4.90 Å². The first-order chi connectivity index (χ1) is 12.5. The minimum Gasteiger partial charge on any atom is -0.482 e. The first kappa shape index (κ1) is 19.0. The van der Waals surface area contributed by atoms with Crippen molar-refractivity contribution in [1.29, 1.82) is 5.26 Å². The second-order valence-electron chi connectivity index (χ2n) is 5.71. The first-order valence-corrected chi connectivity index (χ1v) is 8.28. The predicted molar refractivity (Wildman–Crippen MR) is 98.7 cm³/mol. The number of hydrogen-bond donors (Lipinski definition) is 1. The number of nitriles is 1. The van der Waals surface area contributed by atoms with E-state index < -0.39 is 0 Å². The van der Waals surface area contributed by atoms with Gasteiger partial charge < -0.3 is 15.0 Å². The van der Waals surface area contributed by atoms with Gasteiger partial charge in [0.2, 0.25) is 5.91 Å². The molecular weight excluding hydrogens is 330 g/mol. The Morgan fingerprint density at radius 3 is 2.58 bits per heavy atom. The summed E-state index contributed by atoms with van der Waals surface area (Å²) in [6.45, 7) is 1.69. The fourth-order valence-electron chi connectivity index (χ4n) is 2.38. The minimum atomic E-state index is -0.350. The third-order valence-corrected chi connectivity index (χ3v) is 3.84. The van der Waals surface area contributed by atoms with Crippen LogP contribution in [0, 0.1) is 11.3 Å². The van der Waals surface area contributed by atoms with Crippen molar-refractivity contribution in [3.8, 4) is 11.8 Å². The molecule has 0 heterocycles. The third kappa shape index (κ3) is 5.08. The molecule has 6 heteroatoms. The van der Waals surface area contributed by atoms with Gasteiger partial charge >= 0.3 is 0 Å². The van der Waals surface area contributed by atoms with Gasteiger partial charge in [0.05, 0.1) is 12.1 Å². The molecule has 0 atom stereocenters. The second kappa shape index (κ2) is 9.23. The fourth-order valence-corrected chi connectivity index (χ4v) is 2.38. The molecule has 6 nitrogen and oxygen atoms in total. The Balaban J connectivity index is 1.88. The lowest BCUT2D eigenvalue weighted by Gasteiger charge is -2.18. The van der Waals surface area contributed by atoms with Crippen molar-refractivity contribution in [3.63, 3.8) is 0 Å². The fraction of sp³-hybridized carbons (Fsp3) is 0.250. The molecule has 134 valence electrons. The molecule has 0 aliphatic rings. The van der Waals surface area contributed by atoms with Gasteiger partial charge in [0, 0.05) is 12.7 Å². The van der Waals surface area contributed by atoms with E-state index in [4.69, 9.17) is 10.00 Å². The van der Waals surface area contributed by atoms with Gasteiger partial charge in [-0.25, -0.2) is 0 Å². The molecule has 0 radical (unpaired) electrons. The number of hydrogen-bond acceptors (Lipinski definition) is 4. The summed E-state index contributed by atoms with van der Waals surface area (Å²) in [5.41, 5.74) is 2.14. The average molecular weight is 351 g/mol. The predicted octanol–water partition coefficient (Wildman–Crippen LogP) is 2.60. The van der Waals surface area contributed by atoms with Crippen LogP contribution in [0.2, 0.25) is 0 Å². The van der Waals surface area contributed by atoms with E-state index in [9.17, 15) is 9.59 Å². The molecule has 0 bridgehead atoms. The van der Waals surface area contributed by atoms with Crippen LogP contribution >= 0.6 is 0 Å². The van der Waals surface area contributed by atoms with Crippen molar-refractivity contribution in [2.75, 3.05) is 25.5 Å². The van der Waals surface area contributed by atoms with E-state index in [1.54, 1.807) is 24.3 Å². The molecule has 0 aromatic heterocycles. The normalized spacial score (nSPS) is 9.88. The zero-order valence-electron chi connectivity index (χ0n) is 14.9. The van der Waals surface area contributed by atoms with Gasteiger partial charge in [-0.1, -0.05) is 37.3 Å². The van der Waals surface area contributed by atoms with Crippen molar-refractivity contribution in [3.05, 3.63) is 59.7 Å². The Morgan fingerprint density at radius 1 is 1.15 bits per heavy atom. The topological polar surface area (TPSA) is 82.4 Å². The highest BCUT2D eigenvalue weighted by Crippen LogP contribution is 2.17. The molecule has 2 aromatic rings. The van der Waals surface area contributed by atoms with Gasteiger partial charge in [0.15, 0.2) is 6.61 Å². The molecule has 1 N–H and O–H groups in total. The lowest BCUT2D eigenvalue weighted by molar-refractivity contribution is -0.135. The Morgan fingerprint density at radius 2 is 1.85 bits per heavy atom. The highest BCUT2D eigenvalue weighted by molar-refractivity contribution is 5.95. The molecule has 0 saturated carbocycles. The van der Waals surface area contributed by atoms with Crippen LogP contribution in [0.5, 0.6) is 5.75 Å². The lowest BCUT2D eigenvalue weighted by Crippen LogP contribution is -2.37. The number of aryl methyl sites for hydroxylation is 1. The summed E-state index contributed by atoms with van der Waals surface area (Å²) in [7, 11) is 1.53. The van der Waals surface area contributed by atoms with Gasteiger partial charge in [-0.15, -0.1) is 0 Å². The van der Waals surface area contributed by atoms with Crippen LogP contribution in [0.4, 0.5) is 5.69 Å². The molecular formula is C20H21N3O3. The molecule has 2 rings (SSSR count). The summed E-state index contributed by atoms with van der Waals surface area (Å²) in [5.74, 6) is -0.283. The number of likely N-dealkylation sites (N-methyl/N-ethyl adjacent to an activating group) is 1. The molecule has 0 spiro atoms. The molecule has 26 heavy (non-hydrogen) atoms. The lowest BCUT2D eigenvalue weighted by atomic mass is 10.1. The number of para-hydroxylation sites is 2. The Kier molecular flexibility index (Phi) is 6.75. The van der Waals surface area contributed by atoms with Crippen LogP contribution < -0.4 is 10.1 Å². The van der Waals surface area contributed by atoms with E-state index in [0.717, 1.165) is 17.7 Å². The van der Waals surface area contributed by atoms with Crippen LogP contribution in [0.25, 0.3) is 0 Å². The van der Waals surface area contributed by atoms with Crippen LogP contribution in [-0.2, 0) is 16.0 Å². The maximum atomic E-state index is 12.2. The van der Waals surface area contributed by atoms with Crippen LogP contribution in [0.3, 0.4) is 0 Å². The number of rotatable bonds is 7. The third-order valence-electron chi connectivity index (χ3n) is 3.84. The van der Waals surface area contributed by atoms with E-state index in [-0.39, 0.29) is 25.0 Å². The minimum absolute atomic E-state index is 0.0832. The zero-order valence-corrected chi connectivity index (χ0v) is 14.9. The summed E-state index contributed by atoms with van der Waals surface area (Å²) < 4.78 is 5.40. The highest BCUT2D eigenvalue weighted by atomic mass is 16.5. The monoisotopic (exact) mass is 351 g/mol. The van der Waals surface area contributed by atoms with E-state index >= 15 is 0 Å². The number of carbonyl (C=O) groups excluding carboxylic acids is 2. The number of nitrogens with zero attached hydrogens (tertiary/aromatic N) is 2. The number of amides is 2. The largest absolute Gasteiger partial charge is 0.482 e. The van der Waals surface area contributed by atoms with E-state index in [0.29, 0.717) is 11.3 Å². The average Bonchev–Trinajstić information content (AvgIpc) is 2.66. The van der Waals surface area contributed by atoms with E-state index in [2.05, 4.69) is 5.32 Å². The summed E-state index contributed by atoms with van der Waals surface area (Å²) in [4.78, 5) is 25.6. The number of benzene rings is 2. The van der Waals surface area contributed by atoms with E-state index in [1.807, 2.05) is 37.3 Å². The maximum Gasteiger partial charge on any atom is 0.260 e. The van der Waals surface area contributed by atoms with Crippen molar-refractivity contribution in [2.45, 2.75) is 13.3 Å². The molecule has 0 aliphatic carbocycles. The molecule has 0 aliphatic heterocycles. The van der Waals surface area contributed by atoms with Gasteiger partial charge in [0.25, 0.3) is 5.91 Å². The molecule has 0 saturated heterocycles. The number of nitrogens with one attached hydrogen (secondary N) is 1. The molecule has 2 aromatic carbocycles. The van der Waals surface area contributed by atoms with Crippen molar-refractivity contribution in [2.24, 2.45) is 0 Å². The summed E-state index contributed by atoms with van der Waals surface area (Å²) in [6.07, 6.45) is 0.803. The van der Waals surface area contributed by atoms with Crippen LogP contribution in [0.1, 0.15) is 18.1 Å². The molecule has 0 unspecified atom stereocenters. The standard InChI is InChI=1S/C20H21N3O3/c1-3-15-8-4-6-10-17(15)22-19(24)13-23(2)20(25)14-26-18-11-7-5-9-16(18)12-21/h4-11H,3,13-14H2,1-2H3,(H,22,24). The smallest absolute Gasteiger partial charge is 0.260 e. The van der Waals surface area contributed by atoms with Gasteiger partial charge in [-0.2, -0.15) is 5.26 Å². The number of anilines is 1. The van der Waals surface area contributed by atoms with Crippen LogP contribution in [-0.4, -0.2) is 36.9 Å². The first-order valence-electron chi connectivity index (χ1n) is 8.28. The number of carbonyl (C=O) groups is 2. The summed E-state index contributed by atoms with van der Waals surface area (Å²) >= 11 is 0. The number of ether oxygens (including phenoxy) is 1.